The number of anilines is 1. The van der Waals surface area contributed by atoms with Gasteiger partial charge in [0.2, 0.25) is 5.91 Å². The number of halogens is 1. The number of hydrogen-bond acceptors (Lipinski definition) is 7. The molecule has 4 rings (SSSR count). The van der Waals surface area contributed by atoms with Crippen LogP contribution in [0.5, 0.6) is 0 Å². The van der Waals surface area contributed by atoms with Crippen LogP contribution in [0.4, 0.5) is 5.00 Å². The molecule has 174 valence electrons. The highest BCUT2D eigenvalue weighted by atomic mass is 35.5. The molecule has 0 aliphatic carbocycles. The summed E-state index contributed by atoms with van der Waals surface area (Å²) in [4.78, 5) is 25.4. The molecular formula is C24H21ClN4O3S2. The fraction of sp³-hybridized carbons (Fsp3) is 0.167. The second-order valence-electron chi connectivity index (χ2n) is 7.12. The second-order valence-corrected chi connectivity index (χ2v) is 9.35. The van der Waals surface area contributed by atoms with Crippen LogP contribution in [0.25, 0.3) is 22.5 Å². The zero-order valence-corrected chi connectivity index (χ0v) is 20.8. The van der Waals surface area contributed by atoms with Crippen LogP contribution in [0, 0.1) is 0 Å². The van der Waals surface area contributed by atoms with Crippen molar-refractivity contribution in [3.8, 4) is 22.5 Å². The monoisotopic (exact) mass is 512 g/mol. The highest BCUT2D eigenvalue weighted by molar-refractivity contribution is 7.99. The van der Waals surface area contributed by atoms with Gasteiger partial charge in [0.25, 0.3) is 0 Å². The predicted molar refractivity (Wildman–Crippen MR) is 137 cm³/mol. The van der Waals surface area contributed by atoms with Crippen molar-refractivity contribution < 1.29 is 14.3 Å². The minimum Gasteiger partial charge on any atom is -0.462 e. The van der Waals surface area contributed by atoms with Gasteiger partial charge in [0.1, 0.15) is 10.6 Å². The average molecular weight is 513 g/mol. The van der Waals surface area contributed by atoms with E-state index >= 15 is 0 Å². The number of benzene rings is 2. The lowest BCUT2D eigenvalue weighted by Gasteiger charge is -2.09. The van der Waals surface area contributed by atoms with Crippen LogP contribution in [0.1, 0.15) is 17.3 Å². The highest BCUT2D eigenvalue weighted by Crippen LogP contribution is 2.36. The molecule has 0 aliphatic heterocycles. The summed E-state index contributed by atoms with van der Waals surface area (Å²) in [6.45, 7) is 1.99. The van der Waals surface area contributed by atoms with Crippen LogP contribution in [-0.2, 0) is 16.6 Å². The molecule has 4 aromatic rings. The Morgan fingerprint density at radius 2 is 1.82 bits per heavy atom. The highest BCUT2D eigenvalue weighted by Gasteiger charge is 2.23. The van der Waals surface area contributed by atoms with E-state index in [1.807, 2.05) is 61.0 Å². The summed E-state index contributed by atoms with van der Waals surface area (Å²) in [5, 5.41) is 14.7. The standard InChI is InChI=1S/C24H21ClN4O3S2/c1-3-32-23(31)20-17(15-9-5-4-6-10-15)13-33-22(20)26-19(30)14-34-24-28-27-21(29(24)2)16-11-7-8-12-18(16)25/h4-13H,3,14H2,1-2H3,(H,26,30). The Hall–Kier alpha value is -3.14. The van der Waals surface area contributed by atoms with E-state index in [0.29, 0.717) is 26.6 Å². The quantitative estimate of drug-likeness (QED) is 0.238. The number of ether oxygens (including phenoxy) is 1. The van der Waals surface area contributed by atoms with Crippen LogP contribution in [0.3, 0.4) is 0 Å². The third-order valence-electron chi connectivity index (χ3n) is 4.89. The Morgan fingerprint density at radius 3 is 2.56 bits per heavy atom. The molecule has 34 heavy (non-hydrogen) atoms. The molecule has 0 saturated heterocycles. The number of nitrogens with one attached hydrogen (secondary N) is 1. The van der Waals surface area contributed by atoms with E-state index < -0.39 is 5.97 Å². The molecule has 0 fully saturated rings. The average Bonchev–Trinajstić information content (AvgIpc) is 3.42. The Balaban J connectivity index is 1.49. The van der Waals surface area contributed by atoms with Gasteiger partial charge in [-0.25, -0.2) is 4.79 Å². The third-order valence-corrected chi connectivity index (χ3v) is 7.14. The Labute approximate surface area is 210 Å². The van der Waals surface area contributed by atoms with Gasteiger partial charge in [-0.05, 0) is 24.6 Å². The van der Waals surface area contributed by atoms with Crippen LogP contribution in [0.2, 0.25) is 5.02 Å². The first kappa shape index (κ1) is 24.0. The maximum atomic E-state index is 12.8. The second kappa shape index (κ2) is 10.9. The Kier molecular flexibility index (Phi) is 7.66. The first-order chi connectivity index (χ1) is 16.5. The molecule has 2 heterocycles. The van der Waals surface area contributed by atoms with E-state index in [1.165, 1.54) is 23.1 Å². The maximum absolute atomic E-state index is 12.8. The molecule has 0 atom stereocenters. The van der Waals surface area contributed by atoms with Gasteiger partial charge < -0.3 is 14.6 Å². The topological polar surface area (TPSA) is 86.1 Å². The predicted octanol–water partition coefficient (Wildman–Crippen LogP) is 5.77. The summed E-state index contributed by atoms with van der Waals surface area (Å²) in [5.74, 6) is -0.0265. The lowest BCUT2D eigenvalue weighted by molar-refractivity contribution is -0.113. The molecule has 2 aromatic carbocycles. The van der Waals surface area contributed by atoms with Crippen molar-refractivity contribution in [3.05, 3.63) is 70.6 Å². The van der Waals surface area contributed by atoms with Crippen LogP contribution in [0.15, 0.2) is 65.1 Å². The summed E-state index contributed by atoms with van der Waals surface area (Å²) < 4.78 is 7.04. The molecule has 1 N–H and O–H groups in total. The van der Waals surface area contributed by atoms with E-state index in [2.05, 4.69) is 15.5 Å². The Bertz CT molecular complexity index is 1320. The van der Waals surface area contributed by atoms with E-state index in [1.54, 1.807) is 17.6 Å². The van der Waals surface area contributed by atoms with Crippen molar-refractivity contribution >= 4 is 51.6 Å². The number of aromatic nitrogens is 3. The number of thiophene rings is 1. The smallest absolute Gasteiger partial charge is 0.341 e. The Morgan fingerprint density at radius 1 is 1.09 bits per heavy atom. The van der Waals surface area contributed by atoms with Crippen LogP contribution in [-0.4, -0.2) is 39.0 Å². The van der Waals surface area contributed by atoms with Gasteiger partial charge in [0.15, 0.2) is 11.0 Å². The van der Waals surface area contributed by atoms with Crippen molar-refractivity contribution in [1.82, 2.24) is 14.8 Å². The summed E-state index contributed by atoms with van der Waals surface area (Å²) in [7, 11) is 1.82. The molecule has 0 saturated carbocycles. The number of esters is 1. The minimum absolute atomic E-state index is 0.0926. The molecule has 10 heteroatoms. The van der Waals surface area contributed by atoms with Gasteiger partial charge in [-0.2, -0.15) is 0 Å². The summed E-state index contributed by atoms with van der Waals surface area (Å²) in [6.07, 6.45) is 0. The maximum Gasteiger partial charge on any atom is 0.341 e. The minimum atomic E-state index is -0.469. The van der Waals surface area contributed by atoms with Gasteiger partial charge in [-0.15, -0.1) is 21.5 Å². The number of carbonyl (C=O) groups is 2. The largest absolute Gasteiger partial charge is 0.462 e. The van der Waals surface area contributed by atoms with Gasteiger partial charge in [0.05, 0.1) is 17.4 Å². The van der Waals surface area contributed by atoms with E-state index in [9.17, 15) is 9.59 Å². The van der Waals surface area contributed by atoms with E-state index in [0.717, 1.165) is 16.7 Å². The molecule has 0 radical (unpaired) electrons. The SMILES string of the molecule is CCOC(=O)c1c(-c2ccccc2)csc1NC(=O)CSc1nnc(-c2ccccc2Cl)n1C. The van der Waals surface area contributed by atoms with Crippen molar-refractivity contribution in [2.75, 3.05) is 17.7 Å². The van der Waals surface area contributed by atoms with E-state index in [4.69, 9.17) is 16.3 Å². The summed E-state index contributed by atoms with van der Waals surface area (Å²) in [5.41, 5.74) is 2.73. The van der Waals surface area contributed by atoms with Gasteiger partial charge in [0, 0.05) is 23.6 Å². The molecule has 0 bridgehead atoms. The molecule has 7 nitrogen and oxygen atoms in total. The van der Waals surface area contributed by atoms with Gasteiger partial charge in [-0.1, -0.05) is 65.8 Å². The molecule has 2 aromatic heterocycles. The lowest BCUT2D eigenvalue weighted by atomic mass is 10.0. The third kappa shape index (κ3) is 5.16. The van der Waals surface area contributed by atoms with E-state index in [-0.39, 0.29) is 18.3 Å². The number of rotatable bonds is 8. The van der Waals surface area contributed by atoms with Gasteiger partial charge >= 0.3 is 5.97 Å². The van der Waals surface area contributed by atoms with Crippen molar-refractivity contribution in [2.24, 2.45) is 7.05 Å². The van der Waals surface area contributed by atoms with Crippen LogP contribution >= 0.6 is 34.7 Å². The number of hydrogen-bond donors (Lipinski definition) is 1. The summed E-state index contributed by atoms with van der Waals surface area (Å²) in [6, 6.07) is 16.9. The first-order valence-corrected chi connectivity index (χ1v) is 12.6. The van der Waals surface area contributed by atoms with Crippen molar-refractivity contribution in [2.45, 2.75) is 12.1 Å². The number of carbonyl (C=O) groups excluding carboxylic acids is 2. The summed E-state index contributed by atoms with van der Waals surface area (Å²) >= 11 is 8.82. The normalized spacial score (nSPS) is 10.8. The fourth-order valence-electron chi connectivity index (χ4n) is 3.30. The van der Waals surface area contributed by atoms with Crippen molar-refractivity contribution in [3.63, 3.8) is 0 Å². The van der Waals surface area contributed by atoms with Crippen LogP contribution < -0.4 is 5.32 Å². The zero-order chi connectivity index (χ0) is 24.1. The number of amides is 1. The molecule has 0 spiro atoms. The van der Waals surface area contributed by atoms with Crippen molar-refractivity contribution in [1.29, 1.82) is 0 Å². The first-order valence-electron chi connectivity index (χ1n) is 10.4. The molecule has 0 aliphatic rings. The molecule has 1 amide bonds. The fourth-order valence-corrected chi connectivity index (χ4v) is 5.20. The number of thioether (sulfide) groups is 1. The number of nitrogens with zero attached hydrogens (tertiary/aromatic N) is 3. The molecular weight excluding hydrogens is 492 g/mol. The molecule has 0 unspecified atom stereocenters. The zero-order valence-electron chi connectivity index (χ0n) is 18.4. The van der Waals surface area contributed by atoms with Gasteiger partial charge in [-0.3, -0.25) is 4.79 Å². The lowest BCUT2D eigenvalue weighted by Crippen LogP contribution is -2.16.